The topological polar surface area (TPSA) is 98.3 Å². The number of amides is 1. The van der Waals surface area contributed by atoms with E-state index in [1.807, 2.05) is 0 Å². The largest absolute Gasteiger partial charge is 0.399 e. The van der Waals surface area contributed by atoms with E-state index < -0.39 is 16.6 Å². The summed E-state index contributed by atoms with van der Waals surface area (Å²) in [7, 11) is 0. The van der Waals surface area contributed by atoms with Crippen LogP contribution in [0.4, 0.5) is 21.5 Å². The van der Waals surface area contributed by atoms with Crippen molar-refractivity contribution in [1.82, 2.24) is 0 Å². The van der Waals surface area contributed by atoms with Crippen molar-refractivity contribution in [3.8, 4) is 0 Å². The number of hydrogen-bond acceptors (Lipinski definition) is 4. The first-order valence-corrected chi connectivity index (χ1v) is 6.00. The molecule has 3 N–H and O–H groups in total. The number of nitrogens with two attached hydrogens (primary N) is 1. The van der Waals surface area contributed by atoms with Crippen molar-refractivity contribution in [2.75, 3.05) is 11.1 Å². The van der Waals surface area contributed by atoms with Gasteiger partial charge in [-0.2, -0.15) is 0 Å². The number of benzene rings is 2. The van der Waals surface area contributed by atoms with Gasteiger partial charge >= 0.3 is 0 Å². The van der Waals surface area contributed by atoms with Crippen LogP contribution in [0.25, 0.3) is 0 Å². The molecule has 108 valence electrons. The molecule has 0 atom stereocenters. The third kappa shape index (κ3) is 3.14. The van der Waals surface area contributed by atoms with E-state index in [1.54, 1.807) is 6.92 Å². The van der Waals surface area contributed by atoms with Gasteiger partial charge in [-0.3, -0.25) is 14.9 Å². The van der Waals surface area contributed by atoms with Crippen molar-refractivity contribution in [2.45, 2.75) is 6.92 Å². The summed E-state index contributed by atoms with van der Waals surface area (Å²) in [4.78, 5) is 22.3. The number of nitrogen functional groups attached to an aromatic ring is 1. The molecule has 0 fully saturated rings. The summed E-state index contributed by atoms with van der Waals surface area (Å²) in [6.07, 6.45) is 0. The zero-order valence-electron chi connectivity index (χ0n) is 11.1. The average molecular weight is 289 g/mol. The number of hydrogen-bond donors (Lipinski definition) is 2. The lowest BCUT2D eigenvalue weighted by Crippen LogP contribution is -2.14. The van der Waals surface area contributed by atoms with Crippen molar-refractivity contribution in [3.63, 3.8) is 0 Å². The van der Waals surface area contributed by atoms with E-state index in [-0.39, 0.29) is 22.6 Å². The van der Waals surface area contributed by atoms with Gasteiger partial charge in [0.15, 0.2) is 0 Å². The van der Waals surface area contributed by atoms with Crippen LogP contribution in [-0.2, 0) is 0 Å². The van der Waals surface area contributed by atoms with Gasteiger partial charge in [0.2, 0.25) is 0 Å². The number of halogens is 1. The summed E-state index contributed by atoms with van der Waals surface area (Å²) in [6.45, 7) is 1.59. The van der Waals surface area contributed by atoms with E-state index in [2.05, 4.69) is 5.32 Å². The number of nitrogens with zero attached hydrogens (tertiary/aromatic N) is 1. The molecule has 1 amide bonds. The lowest BCUT2D eigenvalue weighted by molar-refractivity contribution is -0.385. The minimum Gasteiger partial charge on any atom is -0.399 e. The Kier molecular flexibility index (Phi) is 3.84. The molecule has 2 rings (SSSR count). The van der Waals surface area contributed by atoms with Gasteiger partial charge < -0.3 is 11.1 Å². The van der Waals surface area contributed by atoms with E-state index in [1.165, 1.54) is 24.3 Å². The highest BCUT2D eigenvalue weighted by Gasteiger charge is 2.20. The first-order chi connectivity index (χ1) is 9.88. The molecule has 0 aliphatic rings. The van der Waals surface area contributed by atoms with Crippen molar-refractivity contribution in [2.24, 2.45) is 0 Å². The molecule has 21 heavy (non-hydrogen) atoms. The lowest BCUT2D eigenvalue weighted by Gasteiger charge is -2.07. The number of carbonyl (C=O) groups is 1. The number of nitro groups is 1. The second-order valence-corrected chi connectivity index (χ2v) is 4.45. The smallest absolute Gasteiger partial charge is 0.282 e. The Morgan fingerprint density at radius 1 is 1.29 bits per heavy atom. The minimum atomic E-state index is -0.725. The monoisotopic (exact) mass is 289 g/mol. The normalized spacial score (nSPS) is 10.2. The second-order valence-electron chi connectivity index (χ2n) is 4.45. The Labute approximate surface area is 119 Å². The summed E-state index contributed by atoms with van der Waals surface area (Å²) < 4.78 is 13.4. The van der Waals surface area contributed by atoms with Gasteiger partial charge in [0, 0.05) is 17.4 Å². The molecule has 2 aromatic carbocycles. The first kappa shape index (κ1) is 14.4. The van der Waals surface area contributed by atoms with Gasteiger partial charge in [0.05, 0.1) is 4.92 Å². The maximum absolute atomic E-state index is 13.4. The van der Waals surface area contributed by atoms with Crippen LogP contribution in [0.3, 0.4) is 0 Å². The van der Waals surface area contributed by atoms with Crippen LogP contribution in [0.5, 0.6) is 0 Å². The van der Waals surface area contributed by atoms with Crippen LogP contribution in [0, 0.1) is 22.9 Å². The van der Waals surface area contributed by atoms with Crippen molar-refractivity contribution in [3.05, 3.63) is 63.5 Å². The van der Waals surface area contributed by atoms with Gasteiger partial charge in [0.25, 0.3) is 11.6 Å². The number of aryl methyl sites for hydroxylation is 1. The third-order valence-corrected chi connectivity index (χ3v) is 2.89. The number of anilines is 2. The average Bonchev–Trinajstić information content (AvgIpc) is 2.42. The quantitative estimate of drug-likeness (QED) is 0.515. The second kappa shape index (κ2) is 5.58. The highest BCUT2D eigenvalue weighted by Crippen LogP contribution is 2.23. The van der Waals surface area contributed by atoms with E-state index in [4.69, 9.17) is 5.73 Å². The first-order valence-electron chi connectivity index (χ1n) is 6.00. The molecular weight excluding hydrogens is 277 g/mol. The molecule has 2 aromatic rings. The molecule has 0 aliphatic heterocycles. The molecule has 0 radical (unpaired) electrons. The predicted molar refractivity (Wildman–Crippen MR) is 76.6 cm³/mol. The molecule has 0 saturated heterocycles. The fourth-order valence-corrected chi connectivity index (χ4v) is 1.76. The number of nitro benzene ring substituents is 1. The van der Waals surface area contributed by atoms with E-state index in [9.17, 15) is 19.3 Å². The summed E-state index contributed by atoms with van der Waals surface area (Å²) in [5.74, 6) is -1.20. The zero-order valence-corrected chi connectivity index (χ0v) is 11.1. The fourth-order valence-electron chi connectivity index (χ4n) is 1.76. The fraction of sp³-hybridized carbons (Fsp3) is 0.0714. The van der Waals surface area contributed by atoms with Crippen LogP contribution in [-0.4, -0.2) is 10.8 Å². The molecule has 0 unspecified atom stereocenters. The Morgan fingerprint density at radius 2 is 2.00 bits per heavy atom. The lowest BCUT2D eigenvalue weighted by atomic mass is 10.1. The maximum atomic E-state index is 13.4. The zero-order chi connectivity index (χ0) is 15.6. The molecule has 0 spiro atoms. The van der Waals surface area contributed by atoms with Crippen molar-refractivity contribution in [1.29, 1.82) is 0 Å². The molecule has 0 saturated carbocycles. The molecule has 0 bridgehead atoms. The Balaban J connectivity index is 2.34. The van der Waals surface area contributed by atoms with Crippen molar-refractivity contribution < 1.29 is 14.1 Å². The van der Waals surface area contributed by atoms with E-state index in [0.29, 0.717) is 5.56 Å². The minimum absolute atomic E-state index is 0.180. The Hall–Kier alpha value is -2.96. The molecule has 0 aromatic heterocycles. The SMILES string of the molecule is Cc1ccc(NC(=O)c2cc(N)ccc2[N+](=O)[O-])cc1F. The standard InChI is InChI=1S/C14H12FN3O3/c1-8-2-4-10(7-12(8)15)17-14(19)11-6-9(16)3-5-13(11)18(20)21/h2-7H,16H2,1H3,(H,17,19). The molecular formula is C14H12FN3O3. The molecule has 0 aliphatic carbocycles. The molecule has 6 nitrogen and oxygen atoms in total. The third-order valence-electron chi connectivity index (χ3n) is 2.89. The van der Waals surface area contributed by atoms with Crippen LogP contribution < -0.4 is 11.1 Å². The van der Waals surface area contributed by atoms with Gasteiger partial charge in [-0.1, -0.05) is 6.07 Å². The van der Waals surface area contributed by atoms with Gasteiger partial charge in [0.1, 0.15) is 11.4 Å². The number of rotatable bonds is 3. The Morgan fingerprint density at radius 3 is 2.62 bits per heavy atom. The van der Waals surface area contributed by atoms with Crippen LogP contribution >= 0.6 is 0 Å². The van der Waals surface area contributed by atoms with Gasteiger partial charge in [-0.05, 0) is 36.8 Å². The van der Waals surface area contributed by atoms with E-state index in [0.717, 1.165) is 12.1 Å². The summed E-state index contributed by atoms with van der Waals surface area (Å²) in [6, 6.07) is 7.84. The van der Waals surface area contributed by atoms with Gasteiger partial charge in [-0.15, -0.1) is 0 Å². The summed E-state index contributed by atoms with van der Waals surface area (Å²) in [5.41, 5.74) is 5.86. The molecule has 0 heterocycles. The Bertz CT molecular complexity index is 731. The van der Waals surface area contributed by atoms with Gasteiger partial charge in [-0.25, -0.2) is 4.39 Å². The van der Waals surface area contributed by atoms with E-state index >= 15 is 0 Å². The highest BCUT2D eigenvalue weighted by atomic mass is 19.1. The van der Waals surface area contributed by atoms with Crippen LogP contribution in [0.15, 0.2) is 36.4 Å². The van der Waals surface area contributed by atoms with Crippen LogP contribution in [0.2, 0.25) is 0 Å². The summed E-state index contributed by atoms with van der Waals surface area (Å²) in [5, 5.41) is 13.3. The summed E-state index contributed by atoms with van der Waals surface area (Å²) >= 11 is 0. The highest BCUT2D eigenvalue weighted by molar-refractivity contribution is 6.07. The molecule has 7 heteroatoms. The predicted octanol–water partition coefficient (Wildman–Crippen LogP) is 2.88. The number of nitrogens with one attached hydrogen (secondary N) is 1. The van der Waals surface area contributed by atoms with Crippen LogP contribution in [0.1, 0.15) is 15.9 Å². The number of carbonyl (C=O) groups excluding carboxylic acids is 1. The maximum Gasteiger partial charge on any atom is 0.282 e. The van der Waals surface area contributed by atoms with Crippen molar-refractivity contribution >= 4 is 23.0 Å².